The van der Waals surface area contributed by atoms with E-state index < -0.39 is 18.7 Å². The lowest BCUT2D eigenvalue weighted by Gasteiger charge is -2.04. The number of Topliss-reactive ketones (excluding diaryl/α,β-unsaturated/α-hetero) is 1. The lowest BCUT2D eigenvalue weighted by Crippen LogP contribution is -2.21. The fourth-order valence-electron chi connectivity index (χ4n) is 0.355. The van der Waals surface area contributed by atoms with E-state index in [1.165, 1.54) is 13.8 Å². The molecular formula is C6H10O4. The van der Waals surface area contributed by atoms with Crippen LogP contribution in [-0.2, 0) is 14.3 Å². The summed E-state index contributed by atoms with van der Waals surface area (Å²) in [6, 6.07) is 0. The Bertz CT molecular complexity index is 141. The summed E-state index contributed by atoms with van der Waals surface area (Å²) in [7, 11) is 0. The van der Waals surface area contributed by atoms with Gasteiger partial charge in [-0.1, -0.05) is 0 Å². The number of hydrogen-bond donors (Lipinski definition) is 1. The van der Waals surface area contributed by atoms with Crippen LogP contribution in [0, 0.1) is 5.92 Å². The summed E-state index contributed by atoms with van der Waals surface area (Å²) in [4.78, 5) is 21.1. The SMILES string of the molecule is CC(=O)C(C)C(=O)OCO. The molecule has 0 aliphatic heterocycles. The summed E-state index contributed by atoms with van der Waals surface area (Å²) < 4.78 is 4.16. The molecule has 0 bridgehead atoms. The molecule has 0 aromatic carbocycles. The van der Waals surface area contributed by atoms with Gasteiger partial charge >= 0.3 is 5.97 Å². The van der Waals surface area contributed by atoms with Gasteiger partial charge in [0.05, 0.1) is 0 Å². The van der Waals surface area contributed by atoms with Crippen LogP contribution in [0.15, 0.2) is 0 Å². The molecule has 0 rings (SSSR count). The van der Waals surface area contributed by atoms with Gasteiger partial charge in [-0.2, -0.15) is 0 Å². The molecule has 0 aromatic rings. The third kappa shape index (κ3) is 2.59. The monoisotopic (exact) mass is 146 g/mol. The molecule has 0 aromatic heterocycles. The van der Waals surface area contributed by atoms with Crippen LogP contribution < -0.4 is 0 Å². The van der Waals surface area contributed by atoms with E-state index in [0.717, 1.165) is 0 Å². The third-order valence-corrected chi connectivity index (χ3v) is 1.17. The number of hydrogen-bond acceptors (Lipinski definition) is 4. The van der Waals surface area contributed by atoms with Gasteiger partial charge in [-0.25, -0.2) is 0 Å². The fourth-order valence-corrected chi connectivity index (χ4v) is 0.355. The molecule has 10 heavy (non-hydrogen) atoms. The standard InChI is InChI=1S/C6H10O4/c1-4(5(2)8)6(9)10-3-7/h4,7H,3H2,1-2H3. The Morgan fingerprint density at radius 2 is 2.10 bits per heavy atom. The molecule has 1 N–H and O–H groups in total. The number of ether oxygens (including phenoxy) is 1. The number of carbonyl (C=O) groups is 2. The second-order valence-electron chi connectivity index (χ2n) is 1.92. The maximum atomic E-state index is 10.6. The quantitative estimate of drug-likeness (QED) is 0.337. The molecule has 0 heterocycles. The highest BCUT2D eigenvalue weighted by atomic mass is 16.6. The van der Waals surface area contributed by atoms with Gasteiger partial charge in [0, 0.05) is 0 Å². The highest BCUT2D eigenvalue weighted by Crippen LogP contribution is 1.98. The molecule has 0 saturated carbocycles. The number of rotatable bonds is 3. The summed E-state index contributed by atoms with van der Waals surface area (Å²) in [6.07, 6.45) is 0. The second-order valence-corrected chi connectivity index (χ2v) is 1.92. The Morgan fingerprint density at radius 1 is 1.60 bits per heavy atom. The Labute approximate surface area is 58.8 Å². The molecule has 0 aliphatic carbocycles. The smallest absolute Gasteiger partial charge is 0.318 e. The minimum absolute atomic E-state index is 0.265. The van der Waals surface area contributed by atoms with Crippen LogP contribution in [0.5, 0.6) is 0 Å². The van der Waals surface area contributed by atoms with Gasteiger partial charge in [0.25, 0.3) is 0 Å². The summed E-state index contributed by atoms with van der Waals surface area (Å²) in [6.45, 7) is 2.06. The summed E-state index contributed by atoms with van der Waals surface area (Å²) in [5.41, 5.74) is 0. The second kappa shape index (κ2) is 4.00. The highest BCUT2D eigenvalue weighted by Gasteiger charge is 2.18. The maximum absolute atomic E-state index is 10.6. The third-order valence-electron chi connectivity index (χ3n) is 1.17. The van der Waals surface area contributed by atoms with E-state index in [4.69, 9.17) is 5.11 Å². The van der Waals surface area contributed by atoms with Crippen molar-refractivity contribution in [2.24, 2.45) is 5.92 Å². The van der Waals surface area contributed by atoms with Gasteiger partial charge in [-0.3, -0.25) is 9.59 Å². The van der Waals surface area contributed by atoms with Crippen molar-refractivity contribution >= 4 is 11.8 Å². The lowest BCUT2D eigenvalue weighted by atomic mass is 10.1. The van der Waals surface area contributed by atoms with E-state index >= 15 is 0 Å². The normalized spacial score (nSPS) is 12.3. The van der Waals surface area contributed by atoms with Gasteiger partial charge in [0.15, 0.2) is 6.79 Å². The lowest BCUT2D eigenvalue weighted by molar-refractivity contribution is -0.158. The van der Waals surface area contributed by atoms with Crippen molar-refractivity contribution in [1.82, 2.24) is 0 Å². The van der Waals surface area contributed by atoms with Crippen molar-refractivity contribution in [3.05, 3.63) is 0 Å². The maximum Gasteiger partial charge on any atom is 0.318 e. The molecule has 1 atom stereocenters. The summed E-state index contributed by atoms with van der Waals surface area (Å²) in [5, 5.41) is 8.11. The fraction of sp³-hybridized carbons (Fsp3) is 0.667. The molecule has 58 valence electrons. The predicted octanol–water partition coefficient (Wildman–Crippen LogP) is -0.296. The summed E-state index contributed by atoms with van der Waals surface area (Å²) in [5.74, 6) is -1.72. The van der Waals surface area contributed by atoms with Crippen molar-refractivity contribution < 1.29 is 19.4 Å². The first kappa shape index (κ1) is 9.10. The molecule has 0 aliphatic rings. The number of aliphatic hydroxyl groups is 1. The molecule has 0 saturated heterocycles. The van der Waals surface area contributed by atoms with Crippen molar-refractivity contribution in [2.45, 2.75) is 13.8 Å². The van der Waals surface area contributed by atoms with Crippen LogP contribution in [0.25, 0.3) is 0 Å². The first-order valence-electron chi connectivity index (χ1n) is 2.87. The van der Waals surface area contributed by atoms with Crippen molar-refractivity contribution in [2.75, 3.05) is 6.79 Å². The van der Waals surface area contributed by atoms with Crippen molar-refractivity contribution in [3.8, 4) is 0 Å². The first-order valence-corrected chi connectivity index (χ1v) is 2.87. The van der Waals surface area contributed by atoms with Crippen molar-refractivity contribution in [3.63, 3.8) is 0 Å². The van der Waals surface area contributed by atoms with E-state index in [1.54, 1.807) is 0 Å². The Balaban J connectivity index is 3.82. The molecule has 0 fully saturated rings. The predicted molar refractivity (Wildman–Crippen MR) is 33.0 cm³/mol. The Morgan fingerprint density at radius 3 is 2.40 bits per heavy atom. The van der Waals surface area contributed by atoms with Gasteiger partial charge < -0.3 is 9.84 Å². The van der Waals surface area contributed by atoms with E-state index in [9.17, 15) is 9.59 Å². The van der Waals surface area contributed by atoms with E-state index in [1.807, 2.05) is 0 Å². The van der Waals surface area contributed by atoms with Crippen molar-refractivity contribution in [1.29, 1.82) is 0 Å². The van der Waals surface area contributed by atoms with Gasteiger partial charge in [0.1, 0.15) is 11.7 Å². The largest absolute Gasteiger partial charge is 0.438 e. The van der Waals surface area contributed by atoms with Crippen LogP contribution in [0.4, 0.5) is 0 Å². The minimum atomic E-state index is -0.771. The van der Waals surface area contributed by atoms with E-state index in [-0.39, 0.29) is 5.78 Å². The number of ketones is 1. The Hall–Kier alpha value is -0.900. The number of aliphatic hydroxyl groups excluding tert-OH is 1. The zero-order valence-corrected chi connectivity index (χ0v) is 5.96. The zero-order valence-electron chi connectivity index (χ0n) is 5.96. The number of esters is 1. The molecule has 4 heteroatoms. The van der Waals surface area contributed by atoms with Crippen LogP contribution >= 0.6 is 0 Å². The average molecular weight is 146 g/mol. The van der Waals surface area contributed by atoms with E-state index in [0.29, 0.717) is 0 Å². The molecule has 0 spiro atoms. The number of carbonyl (C=O) groups excluding carboxylic acids is 2. The summed E-state index contributed by atoms with van der Waals surface area (Å²) >= 11 is 0. The van der Waals surface area contributed by atoms with Crippen LogP contribution in [0.3, 0.4) is 0 Å². The van der Waals surface area contributed by atoms with Crippen LogP contribution in [-0.4, -0.2) is 23.7 Å². The van der Waals surface area contributed by atoms with Crippen LogP contribution in [0.2, 0.25) is 0 Å². The molecule has 0 radical (unpaired) electrons. The van der Waals surface area contributed by atoms with Gasteiger partial charge in [-0.15, -0.1) is 0 Å². The highest BCUT2D eigenvalue weighted by molar-refractivity contribution is 5.97. The van der Waals surface area contributed by atoms with Gasteiger partial charge in [-0.05, 0) is 13.8 Å². The molecular weight excluding hydrogens is 136 g/mol. The molecule has 0 amide bonds. The average Bonchev–Trinajstić information content (AvgIpc) is 1.87. The zero-order chi connectivity index (χ0) is 8.15. The van der Waals surface area contributed by atoms with Gasteiger partial charge in [0.2, 0.25) is 0 Å². The first-order chi connectivity index (χ1) is 4.59. The van der Waals surface area contributed by atoms with E-state index in [2.05, 4.69) is 4.74 Å². The minimum Gasteiger partial charge on any atom is -0.438 e. The molecule has 1 unspecified atom stereocenters. The topological polar surface area (TPSA) is 63.6 Å². The Kier molecular flexibility index (Phi) is 3.64. The van der Waals surface area contributed by atoms with Crippen LogP contribution in [0.1, 0.15) is 13.8 Å². The molecule has 4 nitrogen and oxygen atoms in total.